The topological polar surface area (TPSA) is 54.9 Å². The van der Waals surface area contributed by atoms with Crippen molar-refractivity contribution in [2.45, 2.75) is 31.6 Å². The monoisotopic (exact) mass is 367 g/mol. The Morgan fingerprint density at radius 1 is 1.15 bits per heavy atom. The number of carbonyl (C=O) groups is 1. The summed E-state index contributed by atoms with van der Waals surface area (Å²) in [5.41, 5.74) is 1.91. The molecule has 1 spiro atoms. The zero-order valence-electron chi connectivity index (χ0n) is 15.6. The van der Waals surface area contributed by atoms with Crippen molar-refractivity contribution in [2.24, 2.45) is 0 Å². The van der Waals surface area contributed by atoms with Gasteiger partial charge in [0.1, 0.15) is 18.0 Å². The van der Waals surface area contributed by atoms with E-state index in [9.17, 15) is 4.79 Å². The first kappa shape index (κ1) is 17.8. The maximum Gasteiger partial charge on any atom is 0.410 e. The van der Waals surface area contributed by atoms with Gasteiger partial charge in [-0.25, -0.2) is 4.79 Å². The molecule has 0 radical (unpaired) electrons. The third kappa shape index (κ3) is 4.22. The number of hydrogen-bond donors (Lipinski definition) is 0. The van der Waals surface area contributed by atoms with E-state index in [2.05, 4.69) is 22.0 Å². The number of pyridine rings is 1. The third-order valence-electron chi connectivity index (χ3n) is 5.35. The lowest BCUT2D eigenvalue weighted by Crippen LogP contribution is -2.46. The summed E-state index contributed by atoms with van der Waals surface area (Å²) in [4.78, 5) is 20.0. The van der Waals surface area contributed by atoms with Crippen molar-refractivity contribution >= 4 is 6.09 Å². The molecule has 142 valence electrons. The summed E-state index contributed by atoms with van der Waals surface area (Å²) < 4.78 is 11.4. The van der Waals surface area contributed by atoms with Crippen LogP contribution >= 0.6 is 0 Å². The quantitative estimate of drug-likeness (QED) is 0.813. The largest absolute Gasteiger partial charge is 0.487 e. The Kier molecular flexibility index (Phi) is 4.99. The summed E-state index contributed by atoms with van der Waals surface area (Å²) in [6.45, 7) is 3.97. The number of nitrogens with zero attached hydrogens (tertiary/aromatic N) is 3. The average molecular weight is 367 g/mol. The molecule has 0 N–H and O–H groups in total. The van der Waals surface area contributed by atoms with Crippen molar-refractivity contribution in [3.63, 3.8) is 0 Å². The van der Waals surface area contributed by atoms with Crippen LogP contribution in [0.1, 0.15) is 24.1 Å². The normalized spacial score (nSPS) is 19.3. The molecule has 1 amide bonds. The summed E-state index contributed by atoms with van der Waals surface area (Å²) in [6.07, 6.45) is 3.38. The number of benzene rings is 1. The van der Waals surface area contributed by atoms with E-state index in [-0.39, 0.29) is 11.7 Å². The van der Waals surface area contributed by atoms with Crippen LogP contribution in [0.2, 0.25) is 0 Å². The molecular formula is C21H25N3O3. The maximum atomic E-state index is 11.7. The smallest absolute Gasteiger partial charge is 0.410 e. The fraction of sp³-hybridized carbons (Fsp3) is 0.429. The molecular weight excluding hydrogens is 342 g/mol. The molecule has 2 aromatic rings. The second-order valence-corrected chi connectivity index (χ2v) is 7.44. The Balaban J connectivity index is 1.26. The first-order valence-electron chi connectivity index (χ1n) is 9.40. The molecule has 2 saturated heterocycles. The fourth-order valence-electron chi connectivity index (χ4n) is 3.76. The Hall–Kier alpha value is -2.60. The van der Waals surface area contributed by atoms with Gasteiger partial charge in [0.15, 0.2) is 0 Å². The number of aromatic nitrogens is 1. The molecule has 0 bridgehead atoms. The lowest BCUT2D eigenvalue weighted by molar-refractivity contribution is -0.00119. The van der Waals surface area contributed by atoms with Gasteiger partial charge in [-0.3, -0.25) is 9.88 Å². The van der Waals surface area contributed by atoms with Crippen LogP contribution < -0.4 is 4.74 Å². The van der Waals surface area contributed by atoms with Crippen molar-refractivity contribution in [1.82, 2.24) is 14.8 Å². The number of carbonyl (C=O) groups excluding carboxylic acids is 1. The molecule has 3 heterocycles. The van der Waals surface area contributed by atoms with Gasteiger partial charge in [-0.2, -0.15) is 0 Å². The Bertz CT molecular complexity index is 771. The van der Waals surface area contributed by atoms with Gasteiger partial charge >= 0.3 is 6.09 Å². The van der Waals surface area contributed by atoms with Gasteiger partial charge in [0.05, 0.1) is 12.2 Å². The average Bonchev–Trinajstić information content (AvgIpc) is 2.97. The van der Waals surface area contributed by atoms with Crippen molar-refractivity contribution < 1.29 is 14.3 Å². The van der Waals surface area contributed by atoms with Gasteiger partial charge < -0.3 is 14.4 Å². The molecule has 6 heteroatoms. The van der Waals surface area contributed by atoms with Gasteiger partial charge in [0, 0.05) is 45.7 Å². The van der Waals surface area contributed by atoms with Gasteiger partial charge in [-0.1, -0.05) is 18.2 Å². The highest BCUT2D eigenvalue weighted by Crippen LogP contribution is 2.33. The van der Waals surface area contributed by atoms with E-state index in [0.29, 0.717) is 13.2 Å². The predicted molar refractivity (Wildman–Crippen MR) is 101 cm³/mol. The summed E-state index contributed by atoms with van der Waals surface area (Å²) >= 11 is 0. The van der Waals surface area contributed by atoms with Gasteiger partial charge in [0.2, 0.25) is 0 Å². The number of likely N-dealkylation sites (N-methyl/N-ethyl adjacent to an activating group) is 1. The molecule has 6 nitrogen and oxygen atoms in total. The van der Waals surface area contributed by atoms with E-state index in [0.717, 1.165) is 43.9 Å². The zero-order chi connectivity index (χ0) is 18.7. The Morgan fingerprint density at radius 2 is 1.93 bits per heavy atom. The molecule has 2 fully saturated rings. The Labute approximate surface area is 159 Å². The third-order valence-corrected chi connectivity index (χ3v) is 5.35. The zero-order valence-corrected chi connectivity index (χ0v) is 15.6. The number of piperidine rings is 1. The summed E-state index contributed by atoms with van der Waals surface area (Å²) in [5, 5.41) is 0. The molecule has 4 rings (SSSR count). The minimum atomic E-state index is -0.272. The summed E-state index contributed by atoms with van der Waals surface area (Å²) in [5.74, 6) is 0.850. The highest BCUT2D eigenvalue weighted by Gasteiger charge is 2.45. The molecule has 0 saturated carbocycles. The van der Waals surface area contributed by atoms with Crippen LogP contribution in [0.5, 0.6) is 5.75 Å². The molecule has 0 unspecified atom stereocenters. The lowest BCUT2D eigenvalue weighted by atomic mass is 9.91. The fourth-order valence-corrected chi connectivity index (χ4v) is 3.76. The van der Waals surface area contributed by atoms with E-state index >= 15 is 0 Å². The highest BCUT2D eigenvalue weighted by atomic mass is 16.6. The van der Waals surface area contributed by atoms with E-state index in [1.54, 1.807) is 18.1 Å². The van der Waals surface area contributed by atoms with Gasteiger partial charge in [-0.05, 0) is 29.8 Å². The second-order valence-electron chi connectivity index (χ2n) is 7.44. The maximum absolute atomic E-state index is 11.7. The standard InChI is InChI=1S/C21H25N3O3/c1-23-16-21(27-20(23)25)9-12-24(13-10-21)14-17-5-7-19(8-6-17)26-15-18-4-2-3-11-22-18/h2-8,11H,9-10,12-16H2,1H3. The van der Waals surface area contributed by atoms with Gasteiger partial charge in [-0.15, -0.1) is 0 Å². The van der Waals surface area contributed by atoms with Crippen LogP contribution in [0.25, 0.3) is 0 Å². The first-order valence-corrected chi connectivity index (χ1v) is 9.40. The molecule has 2 aliphatic heterocycles. The minimum absolute atomic E-state index is 0.190. The summed E-state index contributed by atoms with van der Waals surface area (Å²) in [6, 6.07) is 14.1. The number of likely N-dealkylation sites (tertiary alicyclic amines) is 1. The molecule has 0 aliphatic carbocycles. The van der Waals surface area contributed by atoms with Crippen molar-refractivity contribution in [2.75, 3.05) is 26.7 Å². The van der Waals surface area contributed by atoms with E-state index in [1.165, 1.54) is 5.56 Å². The molecule has 0 atom stereocenters. The van der Waals surface area contributed by atoms with Crippen LogP contribution in [-0.4, -0.2) is 53.2 Å². The Morgan fingerprint density at radius 3 is 2.56 bits per heavy atom. The number of hydrogen-bond acceptors (Lipinski definition) is 5. The first-order chi connectivity index (χ1) is 13.1. The van der Waals surface area contributed by atoms with Crippen LogP contribution in [-0.2, 0) is 17.9 Å². The van der Waals surface area contributed by atoms with Crippen LogP contribution in [0.3, 0.4) is 0 Å². The minimum Gasteiger partial charge on any atom is -0.487 e. The molecule has 27 heavy (non-hydrogen) atoms. The number of rotatable bonds is 5. The highest BCUT2D eigenvalue weighted by molar-refractivity contribution is 5.70. The van der Waals surface area contributed by atoms with Crippen LogP contribution in [0.4, 0.5) is 4.79 Å². The lowest BCUT2D eigenvalue weighted by Gasteiger charge is -2.37. The van der Waals surface area contributed by atoms with Crippen molar-refractivity contribution in [1.29, 1.82) is 0 Å². The predicted octanol–water partition coefficient (Wildman–Crippen LogP) is 3.08. The van der Waals surface area contributed by atoms with E-state index < -0.39 is 0 Å². The number of ether oxygens (including phenoxy) is 2. The van der Waals surface area contributed by atoms with Crippen LogP contribution in [0, 0.1) is 0 Å². The van der Waals surface area contributed by atoms with Crippen molar-refractivity contribution in [3.8, 4) is 5.75 Å². The van der Waals surface area contributed by atoms with Crippen LogP contribution in [0.15, 0.2) is 48.7 Å². The SMILES string of the molecule is CN1CC2(CCN(Cc3ccc(OCc4ccccn4)cc3)CC2)OC1=O. The van der Waals surface area contributed by atoms with Crippen molar-refractivity contribution in [3.05, 3.63) is 59.9 Å². The molecule has 2 aliphatic rings. The van der Waals surface area contributed by atoms with E-state index in [1.807, 2.05) is 30.3 Å². The van der Waals surface area contributed by atoms with Gasteiger partial charge in [0.25, 0.3) is 0 Å². The second kappa shape index (κ2) is 7.56. The molecule has 1 aromatic carbocycles. The summed E-state index contributed by atoms with van der Waals surface area (Å²) in [7, 11) is 1.81. The molecule has 1 aromatic heterocycles. The van der Waals surface area contributed by atoms with E-state index in [4.69, 9.17) is 9.47 Å². The number of amides is 1.